The number of nitrogens with two attached hydrogens (primary N) is 1. The van der Waals surface area contributed by atoms with Gasteiger partial charge in [-0.05, 0) is 30.7 Å². The van der Waals surface area contributed by atoms with Crippen LogP contribution in [0, 0.1) is 0 Å². The highest BCUT2D eigenvalue weighted by Crippen LogP contribution is 2.21. The van der Waals surface area contributed by atoms with Crippen molar-refractivity contribution >= 4 is 35.0 Å². The minimum Gasteiger partial charge on any atom is -0.469 e. The molecule has 2 fully saturated rings. The van der Waals surface area contributed by atoms with E-state index in [9.17, 15) is 19.2 Å². The standard InChI is InChI=1S/C22H32N4O5S/c1-31-20(28)7-3-10-24-21(29)18-13-15(25-19(27)14-16-5-4-12-32-16)8-11-26(18)22(30)17-6-2-9-23-17/h4-5,12,15,17-18,23H,2-3,6-11,13-14H2,1H3,(H,24,29)(H,25,27)/p+1/t15-,17+,18-/m0/s1. The molecule has 1 aromatic heterocycles. The molecular formula is C22H33N4O5S+. The molecule has 3 heterocycles. The second kappa shape index (κ2) is 12.0. The van der Waals surface area contributed by atoms with Gasteiger partial charge >= 0.3 is 5.97 Å². The Morgan fingerprint density at radius 1 is 1.28 bits per heavy atom. The number of hydrogen-bond acceptors (Lipinski definition) is 6. The van der Waals surface area contributed by atoms with Crippen molar-refractivity contribution in [3.05, 3.63) is 22.4 Å². The minimum atomic E-state index is -0.629. The Bertz CT molecular complexity index is 794. The maximum atomic E-state index is 13.1. The van der Waals surface area contributed by atoms with Crippen LogP contribution < -0.4 is 16.0 Å². The van der Waals surface area contributed by atoms with E-state index in [0.717, 1.165) is 24.3 Å². The molecule has 0 unspecified atom stereocenters. The van der Waals surface area contributed by atoms with E-state index in [4.69, 9.17) is 0 Å². The van der Waals surface area contributed by atoms with Gasteiger partial charge < -0.3 is 25.6 Å². The Balaban J connectivity index is 1.59. The van der Waals surface area contributed by atoms with Gasteiger partial charge in [-0.1, -0.05) is 6.07 Å². The lowest BCUT2D eigenvalue weighted by molar-refractivity contribution is -0.658. The smallest absolute Gasteiger partial charge is 0.305 e. The number of nitrogens with zero attached hydrogens (tertiary/aromatic N) is 1. The van der Waals surface area contributed by atoms with Crippen molar-refractivity contribution in [2.75, 3.05) is 26.7 Å². The van der Waals surface area contributed by atoms with Crippen LogP contribution in [0.5, 0.6) is 0 Å². The van der Waals surface area contributed by atoms with E-state index >= 15 is 0 Å². The Hall–Kier alpha value is -2.46. The van der Waals surface area contributed by atoms with Crippen molar-refractivity contribution in [1.29, 1.82) is 0 Å². The molecule has 0 radical (unpaired) electrons. The number of amides is 3. The zero-order valence-electron chi connectivity index (χ0n) is 18.5. The molecule has 2 aliphatic heterocycles. The highest BCUT2D eigenvalue weighted by molar-refractivity contribution is 7.10. The van der Waals surface area contributed by atoms with Crippen LogP contribution in [0.15, 0.2) is 17.5 Å². The van der Waals surface area contributed by atoms with E-state index in [1.54, 1.807) is 4.90 Å². The molecule has 32 heavy (non-hydrogen) atoms. The Morgan fingerprint density at radius 2 is 2.12 bits per heavy atom. The maximum Gasteiger partial charge on any atom is 0.305 e. The second-order valence-electron chi connectivity index (χ2n) is 8.34. The first kappa shape index (κ1) is 24.2. The summed E-state index contributed by atoms with van der Waals surface area (Å²) < 4.78 is 4.62. The third-order valence-electron chi connectivity index (χ3n) is 6.04. The van der Waals surface area contributed by atoms with Gasteiger partial charge in [0.05, 0.1) is 20.1 Å². The summed E-state index contributed by atoms with van der Waals surface area (Å²) in [5, 5.41) is 9.88. The number of nitrogens with one attached hydrogen (secondary N) is 2. The number of hydrogen-bond donors (Lipinski definition) is 3. The number of thiophene rings is 1. The summed E-state index contributed by atoms with van der Waals surface area (Å²) in [6, 6.07) is 2.92. The average Bonchev–Trinajstić information content (AvgIpc) is 3.50. The Morgan fingerprint density at radius 3 is 2.81 bits per heavy atom. The van der Waals surface area contributed by atoms with Crippen LogP contribution >= 0.6 is 11.3 Å². The van der Waals surface area contributed by atoms with Crippen LogP contribution in [-0.2, 0) is 30.3 Å². The number of esters is 1. The summed E-state index contributed by atoms with van der Waals surface area (Å²) >= 11 is 1.54. The van der Waals surface area contributed by atoms with E-state index < -0.39 is 6.04 Å². The Kier molecular flexibility index (Phi) is 9.04. The summed E-state index contributed by atoms with van der Waals surface area (Å²) in [7, 11) is 1.33. The highest BCUT2D eigenvalue weighted by atomic mass is 32.1. The summed E-state index contributed by atoms with van der Waals surface area (Å²) in [4.78, 5) is 52.5. The van der Waals surface area contributed by atoms with Crippen LogP contribution in [0.1, 0.15) is 43.4 Å². The molecule has 3 atom stereocenters. The first-order valence-corrected chi connectivity index (χ1v) is 12.2. The number of piperidine rings is 1. The summed E-state index contributed by atoms with van der Waals surface area (Å²) in [5.41, 5.74) is 0. The third-order valence-corrected chi connectivity index (χ3v) is 6.92. The van der Waals surface area contributed by atoms with E-state index in [-0.39, 0.29) is 42.2 Å². The molecule has 0 bridgehead atoms. The van der Waals surface area contributed by atoms with Crippen molar-refractivity contribution in [3.8, 4) is 0 Å². The monoisotopic (exact) mass is 465 g/mol. The van der Waals surface area contributed by atoms with Gasteiger partial charge in [0, 0.05) is 43.3 Å². The molecule has 10 heteroatoms. The van der Waals surface area contributed by atoms with Crippen LogP contribution in [0.4, 0.5) is 0 Å². The van der Waals surface area contributed by atoms with E-state index in [1.165, 1.54) is 18.4 Å². The quantitative estimate of drug-likeness (QED) is 0.337. The molecule has 0 aliphatic carbocycles. The lowest BCUT2D eigenvalue weighted by Crippen LogP contribution is -2.89. The van der Waals surface area contributed by atoms with E-state index in [1.807, 2.05) is 22.8 Å². The molecule has 1 aromatic rings. The van der Waals surface area contributed by atoms with Crippen molar-refractivity contribution in [2.45, 2.75) is 63.1 Å². The molecular weight excluding hydrogens is 432 g/mol. The first-order valence-electron chi connectivity index (χ1n) is 11.3. The Labute approximate surface area is 192 Å². The summed E-state index contributed by atoms with van der Waals surface area (Å²) in [6.45, 7) is 1.70. The third kappa shape index (κ3) is 6.77. The largest absolute Gasteiger partial charge is 0.469 e. The van der Waals surface area contributed by atoms with Gasteiger partial charge in [-0.15, -0.1) is 11.3 Å². The average molecular weight is 466 g/mol. The molecule has 2 saturated heterocycles. The van der Waals surface area contributed by atoms with Gasteiger partial charge in [-0.2, -0.15) is 0 Å². The number of carbonyl (C=O) groups excluding carboxylic acids is 4. The normalized spacial score (nSPS) is 22.9. The molecule has 176 valence electrons. The highest BCUT2D eigenvalue weighted by Gasteiger charge is 2.41. The van der Waals surface area contributed by atoms with Crippen molar-refractivity contribution in [2.24, 2.45) is 0 Å². The summed E-state index contributed by atoms with van der Waals surface area (Å²) in [6.07, 6.45) is 3.84. The number of methoxy groups -OCH3 is 1. The zero-order chi connectivity index (χ0) is 22.9. The van der Waals surface area contributed by atoms with Crippen LogP contribution in [-0.4, -0.2) is 73.5 Å². The predicted molar refractivity (Wildman–Crippen MR) is 119 cm³/mol. The van der Waals surface area contributed by atoms with Gasteiger partial charge in [0.25, 0.3) is 5.91 Å². The second-order valence-corrected chi connectivity index (χ2v) is 9.37. The molecule has 3 amide bonds. The predicted octanol–water partition coefficient (Wildman–Crippen LogP) is -0.438. The molecule has 0 saturated carbocycles. The summed E-state index contributed by atoms with van der Waals surface area (Å²) in [5.74, 6) is -0.628. The van der Waals surface area contributed by atoms with Gasteiger partial charge in [-0.25, -0.2) is 0 Å². The zero-order valence-corrected chi connectivity index (χ0v) is 19.3. The number of carbonyl (C=O) groups is 4. The fraction of sp³-hybridized carbons (Fsp3) is 0.636. The number of ether oxygens (including phenoxy) is 1. The van der Waals surface area contributed by atoms with Crippen LogP contribution in [0.3, 0.4) is 0 Å². The van der Waals surface area contributed by atoms with Gasteiger partial charge in [0.2, 0.25) is 11.8 Å². The fourth-order valence-electron chi connectivity index (χ4n) is 4.34. The molecule has 0 aromatic carbocycles. The SMILES string of the molecule is COC(=O)CCCNC(=O)[C@@H]1C[C@@H](NC(=O)Cc2cccs2)CCN1C(=O)[C@H]1CCC[NH2+]1. The van der Waals surface area contributed by atoms with E-state index in [0.29, 0.717) is 38.8 Å². The lowest BCUT2D eigenvalue weighted by atomic mass is 9.95. The van der Waals surface area contributed by atoms with Crippen molar-refractivity contribution in [3.63, 3.8) is 0 Å². The van der Waals surface area contributed by atoms with Gasteiger partial charge in [-0.3, -0.25) is 19.2 Å². The lowest BCUT2D eigenvalue weighted by Gasteiger charge is -2.39. The minimum absolute atomic E-state index is 0.000530. The molecule has 0 spiro atoms. The van der Waals surface area contributed by atoms with Gasteiger partial charge in [0.15, 0.2) is 6.04 Å². The van der Waals surface area contributed by atoms with Crippen molar-refractivity contribution in [1.82, 2.24) is 15.5 Å². The first-order chi connectivity index (χ1) is 15.5. The fourth-order valence-corrected chi connectivity index (χ4v) is 5.04. The number of likely N-dealkylation sites (tertiary alicyclic amines) is 1. The van der Waals surface area contributed by atoms with Crippen LogP contribution in [0.2, 0.25) is 0 Å². The molecule has 9 nitrogen and oxygen atoms in total. The van der Waals surface area contributed by atoms with E-state index in [2.05, 4.69) is 15.4 Å². The van der Waals surface area contributed by atoms with Gasteiger partial charge in [0.1, 0.15) is 6.04 Å². The van der Waals surface area contributed by atoms with Crippen molar-refractivity contribution < 1.29 is 29.2 Å². The molecule has 3 rings (SSSR count). The number of rotatable bonds is 9. The topological polar surface area (TPSA) is 121 Å². The number of quaternary nitrogens is 1. The molecule has 2 aliphatic rings. The molecule has 4 N–H and O–H groups in total. The van der Waals surface area contributed by atoms with Crippen LogP contribution in [0.25, 0.3) is 0 Å². The maximum absolute atomic E-state index is 13.1.